The van der Waals surface area contributed by atoms with Crippen LogP contribution in [0.5, 0.6) is 0 Å². The molecule has 0 saturated carbocycles. The molecule has 0 atom stereocenters. The molecule has 0 radical (unpaired) electrons. The molecule has 1 aromatic heterocycles. The maximum Gasteiger partial charge on any atom is 0.232 e. The van der Waals surface area contributed by atoms with E-state index >= 15 is 0 Å². The first kappa shape index (κ1) is 17.9. The molecular weight excluding hydrogens is 338 g/mol. The van der Waals surface area contributed by atoms with Gasteiger partial charge in [-0.15, -0.1) is 0 Å². The van der Waals surface area contributed by atoms with E-state index in [1.54, 1.807) is 6.08 Å². The van der Waals surface area contributed by atoms with Crippen LogP contribution in [0.15, 0.2) is 54.6 Å². The molecule has 0 saturated heterocycles. The van der Waals surface area contributed by atoms with Crippen molar-refractivity contribution in [3.8, 4) is 6.07 Å². The zero-order chi connectivity index (χ0) is 19.2. The lowest BCUT2D eigenvalue weighted by atomic mass is 10.1. The van der Waals surface area contributed by atoms with E-state index in [9.17, 15) is 5.26 Å². The van der Waals surface area contributed by atoms with E-state index in [4.69, 9.17) is 5.73 Å². The number of rotatable bonds is 5. The minimum absolute atomic E-state index is 0.0440. The van der Waals surface area contributed by atoms with Gasteiger partial charge < -0.3 is 16.0 Å². The molecule has 0 bridgehead atoms. The third kappa shape index (κ3) is 4.58. The fourth-order valence-electron chi connectivity index (χ4n) is 2.40. The van der Waals surface area contributed by atoms with Crippen molar-refractivity contribution >= 4 is 34.9 Å². The molecular formula is C20H19N7. The van der Waals surface area contributed by atoms with Gasteiger partial charge in [0.15, 0.2) is 5.82 Å². The average Bonchev–Trinajstić information content (AvgIpc) is 2.66. The van der Waals surface area contributed by atoms with Gasteiger partial charge >= 0.3 is 0 Å². The van der Waals surface area contributed by atoms with Crippen LogP contribution in [0, 0.1) is 11.3 Å². The SMILES string of the molecule is CN(C)c1ccc(C=C(C#N)c2nc(N)nc(Nc3ccccc3)n2)cc1. The zero-order valence-corrected chi connectivity index (χ0v) is 15.1. The summed E-state index contributed by atoms with van der Waals surface area (Å²) >= 11 is 0. The Bertz CT molecular complexity index is 987. The topological polar surface area (TPSA) is 104 Å². The Morgan fingerprint density at radius 3 is 2.37 bits per heavy atom. The number of aromatic nitrogens is 3. The van der Waals surface area contributed by atoms with Crippen LogP contribution in [0.1, 0.15) is 11.4 Å². The lowest BCUT2D eigenvalue weighted by Crippen LogP contribution is -2.08. The Labute approximate surface area is 157 Å². The summed E-state index contributed by atoms with van der Waals surface area (Å²) in [5, 5.41) is 12.6. The molecule has 3 aromatic rings. The fraction of sp³-hybridized carbons (Fsp3) is 0.100. The van der Waals surface area contributed by atoms with Crippen molar-refractivity contribution in [2.24, 2.45) is 0 Å². The number of hydrogen-bond acceptors (Lipinski definition) is 7. The quantitative estimate of drug-likeness (QED) is 0.675. The number of para-hydroxylation sites is 1. The van der Waals surface area contributed by atoms with Gasteiger partial charge in [0.1, 0.15) is 6.07 Å². The average molecular weight is 357 g/mol. The van der Waals surface area contributed by atoms with Crippen molar-refractivity contribution in [3.63, 3.8) is 0 Å². The molecule has 7 heteroatoms. The molecule has 2 aromatic carbocycles. The molecule has 3 rings (SSSR count). The van der Waals surface area contributed by atoms with Crippen molar-refractivity contribution in [1.82, 2.24) is 15.0 Å². The van der Waals surface area contributed by atoms with Gasteiger partial charge in [0.2, 0.25) is 11.9 Å². The number of benzene rings is 2. The monoisotopic (exact) mass is 357 g/mol. The number of nitrogen functional groups attached to an aromatic ring is 1. The third-order valence-electron chi connectivity index (χ3n) is 3.76. The molecule has 7 nitrogen and oxygen atoms in total. The number of nitrogens with two attached hydrogens (primary N) is 1. The van der Waals surface area contributed by atoms with Gasteiger partial charge in [-0.05, 0) is 35.9 Å². The van der Waals surface area contributed by atoms with E-state index in [1.165, 1.54) is 0 Å². The van der Waals surface area contributed by atoms with Crippen LogP contribution in [-0.2, 0) is 0 Å². The third-order valence-corrected chi connectivity index (χ3v) is 3.76. The minimum atomic E-state index is 0.0440. The maximum atomic E-state index is 9.57. The number of nitriles is 1. The first-order valence-corrected chi connectivity index (χ1v) is 8.28. The van der Waals surface area contributed by atoms with Crippen LogP contribution >= 0.6 is 0 Å². The van der Waals surface area contributed by atoms with Crippen molar-refractivity contribution in [2.75, 3.05) is 30.0 Å². The lowest BCUT2D eigenvalue weighted by Gasteiger charge is -2.12. The maximum absolute atomic E-state index is 9.57. The number of anilines is 4. The highest BCUT2D eigenvalue weighted by atomic mass is 15.2. The molecule has 0 fully saturated rings. The lowest BCUT2D eigenvalue weighted by molar-refractivity contribution is 1.04. The second-order valence-corrected chi connectivity index (χ2v) is 5.99. The highest BCUT2D eigenvalue weighted by Crippen LogP contribution is 2.20. The molecule has 0 aliphatic carbocycles. The van der Waals surface area contributed by atoms with Crippen molar-refractivity contribution in [3.05, 3.63) is 66.0 Å². The van der Waals surface area contributed by atoms with E-state index in [-0.39, 0.29) is 17.7 Å². The standard InChI is InChI=1S/C20H19N7/c1-27(2)17-10-8-14(9-11-17)12-15(13-21)18-24-19(22)26-20(25-18)23-16-6-4-3-5-7-16/h3-12H,1-2H3,(H3,22,23,24,25,26). The summed E-state index contributed by atoms with van der Waals surface area (Å²) < 4.78 is 0. The Kier molecular flexibility index (Phi) is 5.28. The Hall–Kier alpha value is -3.92. The predicted molar refractivity (Wildman–Crippen MR) is 108 cm³/mol. The molecule has 134 valence electrons. The summed E-state index contributed by atoms with van der Waals surface area (Å²) in [5.74, 6) is 0.551. The predicted octanol–water partition coefficient (Wildman–Crippen LogP) is 3.33. The van der Waals surface area contributed by atoms with Gasteiger partial charge in [-0.2, -0.15) is 20.2 Å². The molecule has 1 heterocycles. The van der Waals surface area contributed by atoms with E-state index < -0.39 is 0 Å². The molecule has 0 aliphatic rings. The highest BCUT2D eigenvalue weighted by molar-refractivity contribution is 5.87. The van der Waals surface area contributed by atoms with Gasteiger partial charge in [-0.1, -0.05) is 30.3 Å². The summed E-state index contributed by atoms with van der Waals surface area (Å²) in [7, 11) is 3.95. The second kappa shape index (κ2) is 7.97. The Balaban J connectivity index is 1.92. The number of nitrogens with one attached hydrogen (secondary N) is 1. The summed E-state index contributed by atoms with van der Waals surface area (Å²) in [4.78, 5) is 14.5. The Morgan fingerprint density at radius 1 is 1.04 bits per heavy atom. The van der Waals surface area contributed by atoms with Crippen molar-refractivity contribution < 1.29 is 0 Å². The zero-order valence-electron chi connectivity index (χ0n) is 15.1. The van der Waals surface area contributed by atoms with E-state index in [1.807, 2.05) is 73.6 Å². The van der Waals surface area contributed by atoms with E-state index in [0.29, 0.717) is 5.57 Å². The second-order valence-electron chi connectivity index (χ2n) is 5.99. The van der Waals surface area contributed by atoms with Crippen LogP contribution in [0.3, 0.4) is 0 Å². The first-order chi connectivity index (χ1) is 13.0. The molecule has 0 aliphatic heterocycles. The first-order valence-electron chi connectivity index (χ1n) is 8.28. The van der Waals surface area contributed by atoms with E-state index in [2.05, 4.69) is 26.3 Å². The summed E-state index contributed by atoms with van der Waals surface area (Å²) in [5.41, 5.74) is 8.87. The largest absolute Gasteiger partial charge is 0.378 e. The van der Waals surface area contributed by atoms with Crippen LogP contribution in [0.2, 0.25) is 0 Å². The van der Waals surface area contributed by atoms with Crippen molar-refractivity contribution in [1.29, 1.82) is 5.26 Å². The van der Waals surface area contributed by atoms with Crippen molar-refractivity contribution in [2.45, 2.75) is 0 Å². The van der Waals surface area contributed by atoms with Gasteiger partial charge in [0.25, 0.3) is 0 Å². The molecule has 0 unspecified atom stereocenters. The summed E-state index contributed by atoms with van der Waals surface area (Å²) in [6.07, 6.45) is 1.72. The van der Waals surface area contributed by atoms with Crippen LogP contribution in [-0.4, -0.2) is 29.0 Å². The van der Waals surface area contributed by atoms with Crippen LogP contribution < -0.4 is 16.0 Å². The molecule has 27 heavy (non-hydrogen) atoms. The van der Waals surface area contributed by atoms with Gasteiger partial charge in [0.05, 0.1) is 5.57 Å². The highest BCUT2D eigenvalue weighted by Gasteiger charge is 2.10. The number of nitrogens with zero attached hydrogens (tertiary/aromatic N) is 5. The van der Waals surface area contributed by atoms with Crippen LogP contribution in [0.25, 0.3) is 11.6 Å². The van der Waals surface area contributed by atoms with Gasteiger partial charge in [0, 0.05) is 25.5 Å². The Morgan fingerprint density at radius 2 is 1.74 bits per heavy atom. The van der Waals surface area contributed by atoms with Gasteiger partial charge in [-0.25, -0.2) is 0 Å². The molecule has 3 N–H and O–H groups in total. The number of hydrogen-bond donors (Lipinski definition) is 2. The molecule has 0 spiro atoms. The minimum Gasteiger partial charge on any atom is -0.378 e. The van der Waals surface area contributed by atoms with E-state index in [0.717, 1.165) is 16.9 Å². The van der Waals surface area contributed by atoms with Gasteiger partial charge in [-0.3, -0.25) is 0 Å². The summed E-state index contributed by atoms with van der Waals surface area (Å²) in [6.45, 7) is 0. The molecule has 0 amide bonds. The van der Waals surface area contributed by atoms with Crippen LogP contribution in [0.4, 0.5) is 23.3 Å². The fourth-order valence-corrected chi connectivity index (χ4v) is 2.40. The normalized spacial score (nSPS) is 10.9. The smallest absolute Gasteiger partial charge is 0.232 e. The number of allylic oxidation sites excluding steroid dienone is 1. The summed E-state index contributed by atoms with van der Waals surface area (Å²) in [6, 6.07) is 19.4.